The highest BCUT2D eigenvalue weighted by Gasteiger charge is 2.32. The lowest BCUT2D eigenvalue weighted by atomic mass is 9.92. The van der Waals surface area contributed by atoms with Crippen molar-refractivity contribution < 1.29 is 39.4 Å². The number of hydrogen-bond donors (Lipinski definition) is 4. The van der Waals surface area contributed by atoms with E-state index in [1.54, 1.807) is 0 Å². The predicted octanol–water partition coefficient (Wildman–Crippen LogP) is -0.431. The molecule has 8 heteroatoms. The Bertz CT molecular complexity index is 212. The average molecular weight is 368 g/mol. The van der Waals surface area contributed by atoms with E-state index in [1.165, 1.54) is 0 Å². The molecule has 0 heterocycles. The Morgan fingerprint density at radius 2 is 0.680 bits per heavy atom. The fraction of sp³-hybridized carbons (Fsp3) is 1.00. The van der Waals surface area contributed by atoms with Crippen LogP contribution in [0.1, 0.15) is 25.7 Å². The van der Waals surface area contributed by atoms with Crippen molar-refractivity contribution in [3.63, 3.8) is 0 Å². The molecule has 152 valence electrons. The van der Waals surface area contributed by atoms with Gasteiger partial charge in [0.15, 0.2) is 0 Å². The highest BCUT2D eigenvalue weighted by Crippen LogP contribution is 2.21. The fourth-order valence-electron chi connectivity index (χ4n) is 2.07. The van der Waals surface area contributed by atoms with Gasteiger partial charge < -0.3 is 39.4 Å². The quantitative estimate of drug-likeness (QED) is 0.214. The lowest BCUT2D eigenvalue weighted by Crippen LogP contribution is -2.42. The van der Waals surface area contributed by atoms with E-state index in [-0.39, 0.29) is 26.4 Å². The van der Waals surface area contributed by atoms with Crippen LogP contribution in [0.2, 0.25) is 0 Å². The highest BCUT2D eigenvalue weighted by molar-refractivity contribution is 4.79. The minimum atomic E-state index is -0.518. The Hall–Kier alpha value is -0.320. The van der Waals surface area contributed by atoms with Crippen LogP contribution < -0.4 is 0 Å². The van der Waals surface area contributed by atoms with Gasteiger partial charge in [0.2, 0.25) is 0 Å². The smallest absolute Gasteiger partial charge is 0.0637 e. The lowest BCUT2D eigenvalue weighted by molar-refractivity contribution is -0.109. The molecule has 0 rings (SSSR count). The van der Waals surface area contributed by atoms with Crippen LogP contribution in [0.25, 0.3) is 0 Å². The van der Waals surface area contributed by atoms with Crippen molar-refractivity contribution in [2.24, 2.45) is 5.41 Å². The fourth-order valence-corrected chi connectivity index (χ4v) is 2.07. The van der Waals surface area contributed by atoms with Crippen molar-refractivity contribution >= 4 is 0 Å². The van der Waals surface area contributed by atoms with Crippen LogP contribution in [0.4, 0.5) is 0 Å². The molecule has 0 aromatic heterocycles. The molecule has 0 aromatic carbocycles. The molecule has 0 saturated heterocycles. The van der Waals surface area contributed by atoms with E-state index in [2.05, 4.69) is 0 Å². The Morgan fingerprint density at radius 1 is 0.440 bits per heavy atom. The number of aliphatic hydroxyl groups excluding tert-OH is 4. The number of rotatable bonds is 20. The van der Waals surface area contributed by atoms with Gasteiger partial charge in [-0.05, 0) is 25.7 Å². The SMILES string of the molecule is OCCCOCC(COCCCO)(COCCCO)COCCCO. The van der Waals surface area contributed by atoms with Crippen molar-refractivity contribution in [2.75, 3.05) is 79.3 Å². The normalized spacial score (nSPS) is 12.0. The maximum atomic E-state index is 8.87. The average Bonchev–Trinajstić information content (AvgIpc) is 2.63. The highest BCUT2D eigenvalue weighted by atomic mass is 16.5. The third kappa shape index (κ3) is 14.5. The first-order valence-corrected chi connectivity index (χ1v) is 8.99. The number of aliphatic hydroxyl groups is 4. The van der Waals surface area contributed by atoms with E-state index in [0.717, 1.165) is 0 Å². The van der Waals surface area contributed by atoms with Crippen LogP contribution in [0.3, 0.4) is 0 Å². The molecule has 0 spiro atoms. The summed E-state index contributed by atoms with van der Waals surface area (Å²) in [6.07, 6.45) is 2.22. The number of hydrogen-bond acceptors (Lipinski definition) is 8. The zero-order chi connectivity index (χ0) is 18.6. The second-order valence-electron chi connectivity index (χ2n) is 6.02. The van der Waals surface area contributed by atoms with Crippen molar-refractivity contribution in [3.05, 3.63) is 0 Å². The summed E-state index contributed by atoms with van der Waals surface area (Å²) in [5.41, 5.74) is -0.518. The molecule has 0 radical (unpaired) electrons. The first-order chi connectivity index (χ1) is 12.2. The topological polar surface area (TPSA) is 118 Å². The zero-order valence-electron chi connectivity index (χ0n) is 15.2. The molecule has 0 aliphatic rings. The molecule has 0 aliphatic heterocycles. The Labute approximate surface area is 150 Å². The molecule has 0 aliphatic carbocycles. The minimum absolute atomic E-state index is 0.0694. The first kappa shape index (κ1) is 24.7. The molecule has 0 atom stereocenters. The van der Waals surface area contributed by atoms with Gasteiger partial charge in [0.1, 0.15) is 0 Å². The lowest BCUT2D eigenvalue weighted by Gasteiger charge is -2.33. The van der Waals surface area contributed by atoms with Gasteiger partial charge in [-0.15, -0.1) is 0 Å². The second-order valence-corrected chi connectivity index (χ2v) is 6.02. The third-order valence-electron chi connectivity index (χ3n) is 3.42. The summed E-state index contributed by atoms with van der Waals surface area (Å²) in [4.78, 5) is 0. The monoisotopic (exact) mass is 368 g/mol. The summed E-state index contributed by atoms with van der Waals surface area (Å²) in [6, 6.07) is 0. The Morgan fingerprint density at radius 3 is 0.880 bits per heavy atom. The van der Waals surface area contributed by atoms with Gasteiger partial charge in [-0.2, -0.15) is 0 Å². The van der Waals surface area contributed by atoms with Crippen LogP contribution >= 0.6 is 0 Å². The van der Waals surface area contributed by atoms with Gasteiger partial charge in [0.05, 0.1) is 31.8 Å². The molecule has 0 bridgehead atoms. The molecule has 0 unspecified atom stereocenters. The van der Waals surface area contributed by atoms with E-state index >= 15 is 0 Å². The van der Waals surface area contributed by atoms with Gasteiger partial charge in [-0.1, -0.05) is 0 Å². The molecule has 0 fully saturated rings. The molecular formula is C17H36O8. The largest absolute Gasteiger partial charge is 0.396 e. The zero-order valence-corrected chi connectivity index (χ0v) is 15.2. The molecule has 4 N–H and O–H groups in total. The summed E-state index contributed by atoms with van der Waals surface area (Å²) < 4.78 is 22.6. The molecule has 0 aromatic rings. The van der Waals surface area contributed by atoms with Crippen molar-refractivity contribution in [3.8, 4) is 0 Å². The Kier molecular flexibility index (Phi) is 18.2. The summed E-state index contributed by atoms with van der Waals surface area (Å²) in [5, 5.41) is 35.5. The third-order valence-corrected chi connectivity index (χ3v) is 3.42. The summed E-state index contributed by atoms with van der Waals surface area (Å²) in [6.45, 7) is 3.41. The van der Waals surface area contributed by atoms with E-state index < -0.39 is 5.41 Å². The van der Waals surface area contributed by atoms with Crippen LogP contribution in [0.5, 0.6) is 0 Å². The molecule has 0 saturated carbocycles. The molecule has 25 heavy (non-hydrogen) atoms. The number of ether oxygens (including phenoxy) is 4. The van der Waals surface area contributed by atoms with Crippen LogP contribution in [0, 0.1) is 5.41 Å². The van der Waals surface area contributed by atoms with E-state index in [9.17, 15) is 0 Å². The molecular weight excluding hydrogens is 332 g/mol. The first-order valence-electron chi connectivity index (χ1n) is 8.99. The molecule has 8 nitrogen and oxygen atoms in total. The summed E-state index contributed by atoms with van der Waals surface area (Å²) >= 11 is 0. The Balaban J connectivity index is 4.62. The van der Waals surface area contributed by atoms with Crippen molar-refractivity contribution in [2.45, 2.75) is 25.7 Å². The molecule has 0 amide bonds. The van der Waals surface area contributed by atoms with Gasteiger partial charge in [-0.3, -0.25) is 0 Å². The van der Waals surface area contributed by atoms with Crippen molar-refractivity contribution in [1.82, 2.24) is 0 Å². The standard InChI is InChI=1S/C17H36O8/c18-5-1-9-22-13-17(14-23-10-2-6-19,15-24-11-3-7-20)16-25-12-4-8-21/h18-21H,1-16H2. The van der Waals surface area contributed by atoms with E-state index in [1.807, 2.05) is 0 Å². The van der Waals surface area contributed by atoms with Gasteiger partial charge in [-0.25, -0.2) is 0 Å². The van der Waals surface area contributed by atoms with Crippen LogP contribution in [0.15, 0.2) is 0 Å². The summed E-state index contributed by atoms with van der Waals surface area (Å²) in [5.74, 6) is 0. The summed E-state index contributed by atoms with van der Waals surface area (Å²) in [7, 11) is 0. The maximum Gasteiger partial charge on any atom is 0.0637 e. The van der Waals surface area contributed by atoms with E-state index in [4.69, 9.17) is 39.4 Å². The van der Waals surface area contributed by atoms with Crippen molar-refractivity contribution in [1.29, 1.82) is 0 Å². The van der Waals surface area contributed by atoms with E-state index in [0.29, 0.717) is 78.5 Å². The van der Waals surface area contributed by atoms with Gasteiger partial charge in [0.25, 0.3) is 0 Å². The minimum Gasteiger partial charge on any atom is -0.396 e. The maximum absolute atomic E-state index is 8.87. The second kappa shape index (κ2) is 18.5. The van der Waals surface area contributed by atoms with Gasteiger partial charge in [0, 0.05) is 52.9 Å². The van der Waals surface area contributed by atoms with Crippen LogP contribution in [-0.4, -0.2) is 99.7 Å². The predicted molar refractivity (Wildman–Crippen MR) is 92.5 cm³/mol. The van der Waals surface area contributed by atoms with Crippen LogP contribution in [-0.2, 0) is 18.9 Å². The van der Waals surface area contributed by atoms with Gasteiger partial charge >= 0.3 is 0 Å².